The lowest BCUT2D eigenvalue weighted by molar-refractivity contribution is -0.128. The third-order valence-corrected chi connectivity index (χ3v) is 7.21. The molecular weight excluding hydrogens is 444 g/mol. The van der Waals surface area contributed by atoms with Gasteiger partial charge in [0, 0.05) is 12.1 Å². The van der Waals surface area contributed by atoms with Crippen LogP contribution in [0.3, 0.4) is 0 Å². The van der Waals surface area contributed by atoms with E-state index in [9.17, 15) is 9.59 Å². The molecule has 6 heteroatoms. The summed E-state index contributed by atoms with van der Waals surface area (Å²) < 4.78 is 5.48. The van der Waals surface area contributed by atoms with Gasteiger partial charge in [0.05, 0.1) is 18.4 Å². The van der Waals surface area contributed by atoms with E-state index in [-0.39, 0.29) is 23.2 Å². The van der Waals surface area contributed by atoms with Gasteiger partial charge in [0.2, 0.25) is 5.91 Å². The molecular formula is C28H30N2O3S. The number of carbonyl (C=O) groups excluding carboxylic acids is 2. The van der Waals surface area contributed by atoms with Crippen LogP contribution in [0.25, 0.3) is 0 Å². The molecule has 3 aromatic carbocycles. The zero-order valence-electron chi connectivity index (χ0n) is 19.6. The zero-order valence-corrected chi connectivity index (χ0v) is 20.4. The van der Waals surface area contributed by atoms with E-state index in [2.05, 4.69) is 17.4 Å². The number of benzene rings is 3. The van der Waals surface area contributed by atoms with Crippen LogP contribution in [0.5, 0.6) is 5.75 Å². The quantitative estimate of drug-likeness (QED) is 0.452. The normalized spacial score (nSPS) is 16.4. The monoisotopic (exact) mass is 474 g/mol. The van der Waals surface area contributed by atoms with E-state index in [1.807, 2.05) is 85.5 Å². The maximum Gasteiger partial charge on any atom is 0.251 e. The molecule has 1 aliphatic rings. The Balaban J connectivity index is 1.37. The van der Waals surface area contributed by atoms with E-state index in [1.165, 1.54) is 5.56 Å². The summed E-state index contributed by atoms with van der Waals surface area (Å²) in [5.41, 5.74) is 3.88. The van der Waals surface area contributed by atoms with Crippen LogP contribution in [-0.2, 0) is 11.2 Å². The molecule has 0 aromatic heterocycles. The van der Waals surface area contributed by atoms with E-state index in [4.69, 9.17) is 4.74 Å². The first-order valence-electron chi connectivity index (χ1n) is 11.6. The fraction of sp³-hybridized carbons (Fsp3) is 0.286. The highest BCUT2D eigenvalue weighted by Gasteiger charge is 2.32. The van der Waals surface area contributed by atoms with Gasteiger partial charge in [-0.1, -0.05) is 54.6 Å². The summed E-state index contributed by atoms with van der Waals surface area (Å²) >= 11 is 1.64. The lowest BCUT2D eigenvalue weighted by Gasteiger charge is -2.24. The minimum absolute atomic E-state index is 0.0175. The summed E-state index contributed by atoms with van der Waals surface area (Å²) in [7, 11) is 0. The predicted molar refractivity (Wildman–Crippen MR) is 137 cm³/mol. The molecule has 1 heterocycles. The van der Waals surface area contributed by atoms with Crippen LogP contribution >= 0.6 is 11.8 Å². The van der Waals surface area contributed by atoms with Gasteiger partial charge in [0.15, 0.2) is 0 Å². The summed E-state index contributed by atoms with van der Waals surface area (Å²) in [4.78, 5) is 27.2. The van der Waals surface area contributed by atoms with E-state index < -0.39 is 0 Å². The highest BCUT2D eigenvalue weighted by molar-refractivity contribution is 8.00. The smallest absolute Gasteiger partial charge is 0.251 e. The van der Waals surface area contributed by atoms with Gasteiger partial charge >= 0.3 is 0 Å². The van der Waals surface area contributed by atoms with E-state index in [0.717, 1.165) is 23.3 Å². The standard InChI is InChI=1S/C28H30N2O3S/c1-3-33-25-15-13-22(14-16-25)20(2)29-27(32)23-9-11-24(12-10-23)28-30(26(31)19-34-28)18-17-21-7-5-4-6-8-21/h4-16,20,28H,3,17-19H2,1-2H3,(H,29,32)/t20-,28+/m0/s1. The fourth-order valence-electron chi connectivity index (χ4n) is 4.05. The Morgan fingerprint density at radius 1 is 1.06 bits per heavy atom. The number of hydrogen-bond donors (Lipinski definition) is 1. The summed E-state index contributed by atoms with van der Waals surface area (Å²) in [5.74, 6) is 1.35. The van der Waals surface area contributed by atoms with Gasteiger partial charge < -0.3 is 15.0 Å². The lowest BCUT2D eigenvalue weighted by Crippen LogP contribution is -2.30. The van der Waals surface area contributed by atoms with Crippen molar-refractivity contribution in [1.29, 1.82) is 0 Å². The molecule has 34 heavy (non-hydrogen) atoms. The second-order valence-electron chi connectivity index (χ2n) is 8.31. The minimum Gasteiger partial charge on any atom is -0.494 e. The minimum atomic E-state index is -0.126. The van der Waals surface area contributed by atoms with Gasteiger partial charge in [-0.15, -0.1) is 11.8 Å². The van der Waals surface area contributed by atoms with Crippen molar-refractivity contribution >= 4 is 23.6 Å². The number of ether oxygens (including phenoxy) is 1. The molecule has 0 bridgehead atoms. The first kappa shape index (κ1) is 23.9. The summed E-state index contributed by atoms with van der Waals surface area (Å²) in [6.45, 7) is 5.23. The van der Waals surface area contributed by atoms with Crippen LogP contribution in [0, 0.1) is 0 Å². The van der Waals surface area contributed by atoms with Crippen molar-refractivity contribution in [2.24, 2.45) is 0 Å². The largest absolute Gasteiger partial charge is 0.494 e. The maximum absolute atomic E-state index is 12.8. The first-order valence-corrected chi connectivity index (χ1v) is 12.7. The molecule has 5 nitrogen and oxygen atoms in total. The Morgan fingerprint density at radius 2 is 1.76 bits per heavy atom. The third kappa shape index (κ3) is 5.81. The number of nitrogens with one attached hydrogen (secondary N) is 1. The first-order chi connectivity index (χ1) is 16.5. The number of nitrogens with zero attached hydrogens (tertiary/aromatic N) is 1. The van der Waals surface area contributed by atoms with Gasteiger partial charge in [-0.25, -0.2) is 0 Å². The van der Waals surface area contributed by atoms with E-state index >= 15 is 0 Å². The van der Waals surface area contributed by atoms with Crippen molar-refractivity contribution in [1.82, 2.24) is 10.2 Å². The number of carbonyl (C=O) groups is 2. The zero-order chi connectivity index (χ0) is 23.9. The van der Waals surface area contributed by atoms with Crippen LogP contribution < -0.4 is 10.1 Å². The summed E-state index contributed by atoms with van der Waals surface area (Å²) in [6, 6.07) is 25.5. The molecule has 0 saturated carbocycles. The number of thioether (sulfide) groups is 1. The van der Waals surface area contributed by atoms with Crippen LogP contribution in [0.2, 0.25) is 0 Å². The molecule has 0 aliphatic carbocycles. The molecule has 3 aromatic rings. The molecule has 1 fully saturated rings. The highest BCUT2D eigenvalue weighted by Crippen LogP contribution is 2.38. The molecule has 0 radical (unpaired) electrons. The Kier molecular flexibility index (Phi) is 7.91. The van der Waals surface area contributed by atoms with Crippen LogP contribution in [0.15, 0.2) is 78.9 Å². The Bertz CT molecular complexity index is 1100. The molecule has 2 amide bonds. The van der Waals surface area contributed by atoms with Gasteiger partial charge in [-0.3, -0.25) is 9.59 Å². The van der Waals surface area contributed by atoms with E-state index in [0.29, 0.717) is 24.5 Å². The van der Waals surface area contributed by atoms with Crippen molar-refractivity contribution in [2.75, 3.05) is 18.9 Å². The summed E-state index contributed by atoms with van der Waals surface area (Å²) in [5, 5.41) is 3.04. The second kappa shape index (κ2) is 11.3. The van der Waals surface area contributed by atoms with Gasteiger partial charge in [0.1, 0.15) is 11.1 Å². The van der Waals surface area contributed by atoms with E-state index in [1.54, 1.807) is 11.8 Å². The molecule has 0 unspecified atom stereocenters. The molecule has 2 atom stereocenters. The van der Waals surface area contributed by atoms with Gasteiger partial charge in [-0.05, 0) is 61.2 Å². The highest BCUT2D eigenvalue weighted by atomic mass is 32.2. The third-order valence-electron chi connectivity index (χ3n) is 5.95. The Hall–Kier alpha value is -3.25. The van der Waals surface area contributed by atoms with Gasteiger partial charge in [-0.2, -0.15) is 0 Å². The van der Waals surface area contributed by atoms with Crippen molar-refractivity contribution < 1.29 is 14.3 Å². The van der Waals surface area contributed by atoms with Gasteiger partial charge in [0.25, 0.3) is 5.91 Å². The molecule has 1 aliphatic heterocycles. The fourth-order valence-corrected chi connectivity index (χ4v) is 5.27. The SMILES string of the molecule is CCOc1ccc([C@H](C)NC(=O)c2ccc([C@H]3SCC(=O)N3CCc3ccccc3)cc2)cc1. The number of rotatable bonds is 9. The Morgan fingerprint density at radius 3 is 2.44 bits per heavy atom. The topological polar surface area (TPSA) is 58.6 Å². The Labute approximate surface area is 205 Å². The molecule has 1 saturated heterocycles. The number of hydrogen-bond acceptors (Lipinski definition) is 4. The van der Waals surface area contributed by atoms with Crippen LogP contribution in [-0.4, -0.2) is 35.6 Å². The van der Waals surface area contributed by atoms with Crippen molar-refractivity contribution in [3.63, 3.8) is 0 Å². The molecule has 0 spiro atoms. The number of amides is 2. The molecule has 4 rings (SSSR count). The van der Waals surface area contributed by atoms with Crippen molar-refractivity contribution in [3.05, 3.63) is 101 Å². The molecule has 1 N–H and O–H groups in total. The predicted octanol–water partition coefficient (Wildman–Crippen LogP) is 5.39. The summed E-state index contributed by atoms with van der Waals surface area (Å²) in [6.07, 6.45) is 0.827. The second-order valence-corrected chi connectivity index (χ2v) is 9.37. The lowest BCUT2D eigenvalue weighted by atomic mass is 10.1. The van der Waals surface area contributed by atoms with Crippen molar-refractivity contribution in [3.8, 4) is 5.75 Å². The van der Waals surface area contributed by atoms with Crippen LogP contribution in [0.4, 0.5) is 0 Å². The maximum atomic E-state index is 12.8. The molecule has 176 valence electrons. The average molecular weight is 475 g/mol. The van der Waals surface area contributed by atoms with Crippen molar-refractivity contribution in [2.45, 2.75) is 31.7 Å². The van der Waals surface area contributed by atoms with Crippen LogP contribution in [0.1, 0.15) is 52.3 Å². The average Bonchev–Trinajstić information content (AvgIpc) is 3.24.